The first kappa shape index (κ1) is 28.4. The maximum atomic E-state index is 13.3. The van der Waals surface area contributed by atoms with Crippen molar-refractivity contribution in [1.82, 2.24) is 30.8 Å². The Hall–Kier alpha value is -1.14. The summed E-state index contributed by atoms with van der Waals surface area (Å²) in [7, 11) is 3.49. The van der Waals surface area contributed by atoms with Crippen LogP contribution in [0.1, 0.15) is 65.2 Å². The maximum absolute atomic E-state index is 13.3. The van der Waals surface area contributed by atoms with E-state index >= 15 is 0 Å². The molecule has 2 aliphatic carbocycles. The zero-order valence-electron chi connectivity index (χ0n) is 23.4. The summed E-state index contributed by atoms with van der Waals surface area (Å²) >= 11 is 0. The molecular formula is C27H48F3N7O. The number of hydroxylamine groups is 2. The number of guanidine groups is 1. The van der Waals surface area contributed by atoms with E-state index in [9.17, 15) is 13.2 Å². The van der Waals surface area contributed by atoms with Gasteiger partial charge >= 0.3 is 6.18 Å². The van der Waals surface area contributed by atoms with E-state index < -0.39 is 18.4 Å². The highest BCUT2D eigenvalue weighted by atomic mass is 19.4. The maximum Gasteiger partial charge on any atom is 0.405 e. The second-order valence-corrected chi connectivity index (χ2v) is 12.8. The lowest BCUT2D eigenvalue weighted by atomic mass is 9.71. The number of hydrogen-bond acceptors (Lipinski definition) is 6. The highest BCUT2D eigenvalue weighted by Crippen LogP contribution is 2.40. The van der Waals surface area contributed by atoms with Crippen molar-refractivity contribution in [3.63, 3.8) is 0 Å². The molecule has 7 unspecified atom stereocenters. The molecule has 0 aromatic carbocycles. The van der Waals surface area contributed by atoms with Gasteiger partial charge in [0, 0.05) is 20.1 Å². The number of alkyl halides is 3. The SMILES string of the molecule is CON1CC(C(F)(F)F)NC1C1CCC(CN2C(=N)N(C)C3CNC(C4CCCCC4C(C)C)NC32)CC1. The Morgan fingerprint density at radius 2 is 1.74 bits per heavy atom. The molecule has 0 aromatic rings. The Morgan fingerprint density at radius 1 is 1.03 bits per heavy atom. The van der Waals surface area contributed by atoms with Gasteiger partial charge in [-0.2, -0.15) is 18.2 Å². The predicted octanol–water partition coefficient (Wildman–Crippen LogP) is 3.37. The van der Waals surface area contributed by atoms with Gasteiger partial charge in [0.1, 0.15) is 12.2 Å². The summed E-state index contributed by atoms with van der Waals surface area (Å²) < 4.78 is 40.0. The van der Waals surface area contributed by atoms with Gasteiger partial charge in [0.25, 0.3) is 0 Å². The van der Waals surface area contributed by atoms with Crippen LogP contribution in [0.25, 0.3) is 0 Å². The Kier molecular flexibility index (Phi) is 8.51. The summed E-state index contributed by atoms with van der Waals surface area (Å²) in [5, 5.41) is 20.9. The van der Waals surface area contributed by atoms with Crippen LogP contribution < -0.4 is 16.0 Å². The molecule has 0 aromatic heterocycles. The van der Waals surface area contributed by atoms with Crippen molar-refractivity contribution in [2.24, 2.45) is 29.6 Å². The van der Waals surface area contributed by atoms with Crippen LogP contribution >= 0.6 is 0 Å². The standard InChI is InChI=1S/C27H48F3N7O/c1-16(2)19-7-5-6-8-20(19)23-32-13-21-25(34-23)36(26(31)35(21)3)14-17-9-11-18(12-10-17)24-33-22(27(28,29)30)15-37(24)38-4/h16-25,31-34H,5-15H2,1-4H3. The largest absolute Gasteiger partial charge is 0.405 e. The van der Waals surface area contributed by atoms with Crippen molar-refractivity contribution in [3.05, 3.63) is 0 Å². The topological polar surface area (TPSA) is 78.9 Å². The number of halogens is 3. The van der Waals surface area contributed by atoms with Gasteiger partial charge in [-0.25, -0.2) is 0 Å². The van der Waals surface area contributed by atoms with Crippen molar-refractivity contribution >= 4 is 5.96 Å². The molecule has 218 valence electrons. The molecule has 7 atom stereocenters. The van der Waals surface area contributed by atoms with Crippen LogP contribution in [0, 0.1) is 35.0 Å². The molecule has 11 heteroatoms. The molecule has 5 rings (SSSR count). The first-order chi connectivity index (χ1) is 18.1. The number of nitrogens with zero attached hydrogens (tertiary/aromatic N) is 3. The van der Waals surface area contributed by atoms with Gasteiger partial charge in [-0.3, -0.25) is 21.4 Å². The van der Waals surface area contributed by atoms with Crippen molar-refractivity contribution in [2.45, 2.75) is 102 Å². The molecule has 3 saturated heterocycles. The van der Waals surface area contributed by atoms with Gasteiger partial charge in [-0.15, -0.1) is 0 Å². The number of nitrogens with one attached hydrogen (secondary N) is 4. The van der Waals surface area contributed by atoms with E-state index in [1.54, 1.807) is 0 Å². The van der Waals surface area contributed by atoms with E-state index in [4.69, 9.17) is 10.2 Å². The third-order valence-corrected chi connectivity index (χ3v) is 10.3. The normalized spacial score (nSPS) is 41.3. The summed E-state index contributed by atoms with van der Waals surface area (Å²) in [6, 6.07) is -1.31. The molecule has 0 amide bonds. The monoisotopic (exact) mass is 543 g/mol. The van der Waals surface area contributed by atoms with Gasteiger partial charge in [-0.1, -0.05) is 26.7 Å². The minimum Gasteiger partial charge on any atom is -0.338 e. The summed E-state index contributed by atoms with van der Waals surface area (Å²) in [6.07, 6.45) is 4.57. The molecule has 8 nitrogen and oxygen atoms in total. The fourth-order valence-electron chi connectivity index (χ4n) is 8.11. The molecule has 0 radical (unpaired) electrons. The number of hydrogen-bond donors (Lipinski definition) is 4. The van der Waals surface area contributed by atoms with Crippen LogP contribution in [0.15, 0.2) is 0 Å². The summed E-state index contributed by atoms with van der Waals surface area (Å²) in [5.74, 6) is 3.16. The number of fused-ring (bicyclic) bond motifs is 1. The third-order valence-electron chi connectivity index (χ3n) is 10.3. The highest BCUT2D eigenvalue weighted by Gasteiger charge is 2.51. The lowest BCUT2D eigenvalue weighted by Crippen LogP contribution is -2.67. The predicted molar refractivity (Wildman–Crippen MR) is 141 cm³/mol. The first-order valence-corrected chi connectivity index (χ1v) is 14.8. The van der Waals surface area contributed by atoms with Gasteiger partial charge in [-0.05, 0) is 68.1 Å². The van der Waals surface area contributed by atoms with Crippen LogP contribution in [-0.2, 0) is 4.84 Å². The second kappa shape index (κ2) is 11.4. The van der Waals surface area contributed by atoms with E-state index in [0.717, 1.165) is 44.7 Å². The lowest BCUT2D eigenvalue weighted by molar-refractivity contribution is -0.173. The Bertz CT molecular complexity index is 821. The minimum absolute atomic E-state index is 0.124. The van der Waals surface area contributed by atoms with Crippen molar-refractivity contribution in [1.29, 1.82) is 5.41 Å². The van der Waals surface area contributed by atoms with E-state index in [-0.39, 0.29) is 30.8 Å². The molecule has 0 spiro atoms. The molecular weight excluding hydrogens is 495 g/mol. The summed E-state index contributed by atoms with van der Waals surface area (Å²) in [5.41, 5.74) is 0. The van der Waals surface area contributed by atoms with Crippen LogP contribution in [0.4, 0.5) is 13.2 Å². The Balaban J connectivity index is 1.19. The molecule has 0 bridgehead atoms. The van der Waals surface area contributed by atoms with Crippen molar-refractivity contribution in [3.8, 4) is 0 Å². The molecule has 3 aliphatic heterocycles. The quantitative estimate of drug-likeness (QED) is 0.409. The first-order valence-electron chi connectivity index (χ1n) is 14.8. The van der Waals surface area contributed by atoms with Crippen LogP contribution in [-0.4, -0.2) is 91.4 Å². The van der Waals surface area contributed by atoms with Gasteiger partial charge < -0.3 is 14.6 Å². The van der Waals surface area contributed by atoms with E-state index in [0.29, 0.717) is 23.7 Å². The molecule has 38 heavy (non-hydrogen) atoms. The lowest BCUT2D eigenvalue weighted by Gasteiger charge is -2.46. The van der Waals surface area contributed by atoms with Gasteiger partial charge in [0.05, 0.1) is 32.0 Å². The average molecular weight is 544 g/mol. The zero-order valence-corrected chi connectivity index (χ0v) is 23.4. The minimum atomic E-state index is -4.27. The Labute approximate surface area is 225 Å². The fourth-order valence-corrected chi connectivity index (χ4v) is 8.11. The zero-order chi connectivity index (χ0) is 27.2. The fraction of sp³-hybridized carbons (Fsp3) is 0.963. The van der Waals surface area contributed by atoms with Crippen LogP contribution in [0.5, 0.6) is 0 Å². The third kappa shape index (κ3) is 5.55. The number of rotatable bonds is 6. The van der Waals surface area contributed by atoms with Crippen molar-refractivity contribution in [2.75, 3.05) is 33.8 Å². The summed E-state index contributed by atoms with van der Waals surface area (Å²) in [6.45, 7) is 6.25. The number of likely N-dealkylation sites (N-methyl/N-ethyl adjacent to an activating group) is 1. The molecule has 3 heterocycles. The molecule has 5 aliphatic rings. The van der Waals surface area contributed by atoms with E-state index in [1.807, 2.05) is 7.05 Å². The Morgan fingerprint density at radius 3 is 2.39 bits per heavy atom. The summed E-state index contributed by atoms with van der Waals surface area (Å²) in [4.78, 5) is 9.69. The van der Waals surface area contributed by atoms with Gasteiger partial charge in [0.2, 0.25) is 0 Å². The van der Waals surface area contributed by atoms with Gasteiger partial charge in [0.15, 0.2) is 5.96 Å². The van der Waals surface area contributed by atoms with E-state index in [1.165, 1.54) is 37.9 Å². The molecule has 2 saturated carbocycles. The highest BCUT2D eigenvalue weighted by molar-refractivity contribution is 5.80. The molecule has 5 fully saturated rings. The van der Waals surface area contributed by atoms with E-state index in [2.05, 4.69) is 39.6 Å². The average Bonchev–Trinajstić information content (AvgIpc) is 3.45. The van der Waals surface area contributed by atoms with Crippen molar-refractivity contribution < 1.29 is 18.0 Å². The van der Waals surface area contributed by atoms with Crippen LogP contribution in [0.2, 0.25) is 0 Å². The second-order valence-electron chi connectivity index (χ2n) is 12.8. The molecule has 4 N–H and O–H groups in total. The van der Waals surface area contributed by atoms with Crippen LogP contribution in [0.3, 0.4) is 0 Å². The smallest absolute Gasteiger partial charge is 0.338 e.